The summed E-state index contributed by atoms with van der Waals surface area (Å²) >= 11 is 0. The molecule has 104 valence electrons. The molecular weight excluding hydrogens is 234 g/mol. The van der Waals surface area contributed by atoms with Crippen LogP contribution < -0.4 is 10.9 Å². The molecule has 0 saturated carbocycles. The van der Waals surface area contributed by atoms with Crippen LogP contribution in [0.4, 0.5) is 0 Å². The maximum atomic E-state index is 5.63. The molecule has 0 bridgehead atoms. The highest BCUT2D eigenvalue weighted by molar-refractivity contribution is 5.32. The van der Waals surface area contributed by atoms with Crippen molar-refractivity contribution >= 4 is 0 Å². The average Bonchev–Trinajstić information content (AvgIpc) is 2.43. The Balaban J connectivity index is 0.000000576. The van der Waals surface area contributed by atoms with Crippen LogP contribution in [0, 0.1) is 6.92 Å². The van der Waals surface area contributed by atoms with E-state index in [1.165, 1.54) is 18.4 Å². The maximum Gasteiger partial charge on any atom is 0.127 e. The van der Waals surface area contributed by atoms with Crippen molar-refractivity contribution in [3.8, 4) is 11.5 Å². The van der Waals surface area contributed by atoms with Crippen LogP contribution in [0.2, 0.25) is 0 Å². The molecule has 0 radical (unpaired) electrons. The van der Waals surface area contributed by atoms with Gasteiger partial charge in [0.05, 0.1) is 0 Å². The Morgan fingerprint density at radius 1 is 0.737 bits per heavy atom. The summed E-state index contributed by atoms with van der Waals surface area (Å²) < 4.78 is 5.63. The molecule has 2 aromatic carbocycles. The molecule has 2 heteroatoms. The first kappa shape index (κ1) is 17.2. The van der Waals surface area contributed by atoms with Crippen molar-refractivity contribution in [2.24, 2.45) is 0 Å². The molecular formula is C17H25NO. The van der Waals surface area contributed by atoms with Crippen LogP contribution in [-0.4, -0.2) is 0 Å². The number of unbranched alkanes of at least 4 members (excludes halogenated alkanes) is 1. The van der Waals surface area contributed by atoms with Crippen LogP contribution in [0.3, 0.4) is 0 Å². The maximum absolute atomic E-state index is 5.63. The summed E-state index contributed by atoms with van der Waals surface area (Å²) in [7, 11) is 0. The first-order valence-corrected chi connectivity index (χ1v) is 6.55. The van der Waals surface area contributed by atoms with E-state index < -0.39 is 0 Å². The van der Waals surface area contributed by atoms with Crippen molar-refractivity contribution in [1.29, 1.82) is 0 Å². The fourth-order valence-electron chi connectivity index (χ4n) is 1.23. The molecule has 0 fully saturated rings. The van der Waals surface area contributed by atoms with Crippen molar-refractivity contribution in [3.05, 3.63) is 60.2 Å². The Kier molecular flexibility index (Phi) is 9.19. The van der Waals surface area contributed by atoms with Gasteiger partial charge in [-0.1, -0.05) is 62.6 Å². The molecule has 19 heavy (non-hydrogen) atoms. The van der Waals surface area contributed by atoms with Crippen molar-refractivity contribution in [2.45, 2.75) is 33.6 Å². The Bertz CT molecular complexity index is 421. The van der Waals surface area contributed by atoms with Gasteiger partial charge in [0.25, 0.3) is 0 Å². The molecule has 2 aromatic rings. The van der Waals surface area contributed by atoms with E-state index in [0.29, 0.717) is 0 Å². The van der Waals surface area contributed by atoms with E-state index in [-0.39, 0.29) is 6.15 Å². The lowest BCUT2D eigenvalue weighted by molar-refractivity contribution is 0.482. The van der Waals surface area contributed by atoms with E-state index in [4.69, 9.17) is 4.74 Å². The molecule has 0 aromatic heterocycles. The largest absolute Gasteiger partial charge is 0.457 e. The number of ether oxygens (including phenoxy) is 1. The minimum absolute atomic E-state index is 0. The zero-order chi connectivity index (χ0) is 13.2. The van der Waals surface area contributed by atoms with E-state index in [1.807, 2.05) is 54.6 Å². The van der Waals surface area contributed by atoms with Crippen LogP contribution in [0.1, 0.15) is 32.3 Å². The molecule has 2 rings (SSSR count). The summed E-state index contributed by atoms with van der Waals surface area (Å²) in [5.41, 5.74) is 1.24. The second-order valence-electron chi connectivity index (χ2n) is 4.23. The Morgan fingerprint density at radius 2 is 1.21 bits per heavy atom. The average molecular weight is 259 g/mol. The third-order valence-electron chi connectivity index (χ3n) is 2.50. The number of hydrogen-bond donors (Lipinski definition) is 1. The highest BCUT2D eigenvalue weighted by atomic mass is 16.5. The normalized spacial score (nSPS) is 8.79. The summed E-state index contributed by atoms with van der Waals surface area (Å²) in [4.78, 5) is 0. The predicted octanol–water partition coefficient (Wildman–Crippen LogP) is 5.76. The second kappa shape index (κ2) is 10.2. The van der Waals surface area contributed by atoms with E-state index >= 15 is 0 Å². The van der Waals surface area contributed by atoms with Gasteiger partial charge in [0.2, 0.25) is 0 Å². The van der Waals surface area contributed by atoms with Gasteiger partial charge in [0, 0.05) is 0 Å². The van der Waals surface area contributed by atoms with Gasteiger partial charge >= 0.3 is 0 Å². The van der Waals surface area contributed by atoms with E-state index in [0.717, 1.165) is 11.5 Å². The number of para-hydroxylation sites is 1. The Hall–Kier alpha value is -1.80. The zero-order valence-corrected chi connectivity index (χ0v) is 12.2. The topological polar surface area (TPSA) is 44.2 Å². The molecule has 0 aliphatic rings. The first-order chi connectivity index (χ1) is 8.76. The first-order valence-electron chi connectivity index (χ1n) is 6.55. The van der Waals surface area contributed by atoms with Crippen LogP contribution >= 0.6 is 0 Å². The van der Waals surface area contributed by atoms with Crippen LogP contribution in [0.15, 0.2) is 54.6 Å². The van der Waals surface area contributed by atoms with Gasteiger partial charge in [-0.2, -0.15) is 0 Å². The van der Waals surface area contributed by atoms with Crippen molar-refractivity contribution in [3.63, 3.8) is 0 Å². The van der Waals surface area contributed by atoms with Gasteiger partial charge in [0.15, 0.2) is 0 Å². The Labute approximate surface area is 117 Å². The molecule has 0 spiro atoms. The van der Waals surface area contributed by atoms with Gasteiger partial charge in [0.1, 0.15) is 11.5 Å². The minimum atomic E-state index is 0. The third-order valence-corrected chi connectivity index (χ3v) is 2.50. The quantitative estimate of drug-likeness (QED) is 0.762. The number of hydrogen-bond acceptors (Lipinski definition) is 2. The lowest BCUT2D eigenvalue weighted by Gasteiger charge is -2.04. The van der Waals surface area contributed by atoms with Gasteiger partial charge in [-0.25, -0.2) is 0 Å². The summed E-state index contributed by atoms with van der Waals surface area (Å²) in [5, 5.41) is 0. The number of benzene rings is 2. The van der Waals surface area contributed by atoms with Crippen molar-refractivity contribution in [1.82, 2.24) is 6.15 Å². The smallest absolute Gasteiger partial charge is 0.127 e. The summed E-state index contributed by atoms with van der Waals surface area (Å²) in [6.07, 6.45) is 2.64. The van der Waals surface area contributed by atoms with Gasteiger partial charge in [-0.3, -0.25) is 0 Å². The minimum Gasteiger partial charge on any atom is -0.457 e. The fourth-order valence-corrected chi connectivity index (χ4v) is 1.23. The molecule has 0 saturated heterocycles. The van der Waals surface area contributed by atoms with E-state index in [2.05, 4.69) is 20.8 Å². The van der Waals surface area contributed by atoms with E-state index in [9.17, 15) is 0 Å². The Morgan fingerprint density at radius 3 is 1.68 bits per heavy atom. The van der Waals surface area contributed by atoms with E-state index in [1.54, 1.807) is 0 Å². The van der Waals surface area contributed by atoms with Crippen molar-refractivity contribution < 1.29 is 4.74 Å². The van der Waals surface area contributed by atoms with Crippen LogP contribution in [0.25, 0.3) is 0 Å². The molecule has 3 N–H and O–H groups in total. The predicted molar refractivity (Wildman–Crippen MR) is 83.3 cm³/mol. The van der Waals surface area contributed by atoms with Crippen LogP contribution in [-0.2, 0) is 0 Å². The molecule has 0 atom stereocenters. The van der Waals surface area contributed by atoms with Gasteiger partial charge in [-0.15, -0.1) is 0 Å². The molecule has 0 aliphatic heterocycles. The summed E-state index contributed by atoms with van der Waals surface area (Å²) in [6, 6.07) is 17.8. The highest BCUT2D eigenvalue weighted by Crippen LogP contribution is 2.20. The standard InChI is InChI=1S/C13H12O.C4H10.H3N/c1-11-7-9-13(10-8-11)14-12-5-3-2-4-6-12;1-3-4-2;/h2-10H,1H3;3-4H2,1-2H3;1H3. The molecule has 0 amide bonds. The van der Waals surface area contributed by atoms with Crippen molar-refractivity contribution in [2.75, 3.05) is 0 Å². The third kappa shape index (κ3) is 7.27. The summed E-state index contributed by atoms with van der Waals surface area (Å²) in [5.74, 6) is 1.75. The molecule has 0 heterocycles. The zero-order valence-electron chi connectivity index (χ0n) is 12.2. The van der Waals surface area contributed by atoms with Gasteiger partial charge in [-0.05, 0) is 31.2 Å². The second-order valence-corrected chi connectivity index (χ2v) is 4.23. The SMILES string of the molecule is CCCC.Cc1ccc(Oc2ccccc2)cc1.N. The molecule has 2 nitrogen and oxygen atoms in total. The summed E-state index contributed by atoms with van der Waals surface area (Å²) in [6.45, 7) is 6.42. The fraction of sp³-hybridized carbons (Fsp3) is 0.294. The van der Waals surface area contributed by atoms with Gasteiger partial charge < -0.3 is 10.9 Å². The monoisotopic (exact) mass is 259 g/mol. The lowest BCUT2D eigenvalue weighted by atomic mass is 10.2. The molecule has 0 unspecified atom stereocenters. The molecule has 0 aliphatic carbocycles. The number of rotatable bonds is 3. The highest BCUT2D eigenvalue weighted by Gasteiger charge is 1.94. The lowest BCUT2D eigenvalue weighted by Crippen LogP contribution is -1.82. The number of aryl methyl sites for hydroxylation is 1. The van der Waals surface area contributed by atoms with Crippen LogP contribution in [0.5, 0.6) is 11.5 Å².